The highest BCUT2D eigenvalue weighted by molar-refractivity contribution is 7.89. The first kappa shape index (κ1) is 25.8. The fourth-order valence-electron chi connectivity index (χ4n) is 4.66. The lowest BCUT2D eigenvalue weighted by atomic mass is 9.95. The number of nitrogens with zero attached hydrogens (tertiary/aromatic N) is 1. The highest BCUT2D eigenvalue weighted by Crippen LogP contribution is 2.45. The number of amides is 2. The number of ether oxygens (including phenoxy) is 1. The Morgan fingerprint density at radius 1 is 1.03 bits per heavy atom. The van der Waals surface area contributed by atoms with Gasteiger partial charge in [-0.25, -0.2) is 13.2 Å². The molecule has 0 fully saturated rings. The van der Waals surface area contributed by atoms with Crippen molar-refractivity contribution in [3.05, 3.63) is 89.5 Å². The average molecular weight is 519 g/mol. The standard InChI is InChI=1S/C28H26N2O6S/c1-3-16-36-20-14-12-19(13-15-20)17-26(27(31)29-37(2,34)35)30(28(32)33)18-25-23-10-6-4-8-21(23)22-9-5-7-11-24(22)25/h1,4-15,25-26H,16-18H2,2H3,(H,29,31)(H,32,33)/t26-/m0/s1. The molecule has 0 saturated carbocycles. The molecule has 1 aliphatic rings. The Hall–Kier alpha value is -4.29. The summed E-state index contributed by atoms with van der Waals surface area (Å²) in [5.74, 6) is 1.65. The van der Waals surface area contributed by atoms with E-state index in [1.54, 1.807) is 24.3 Å². The monoisotopic (exact) mass is 518 g/mol. The van der Waals surface area contributed by atoms with Gasteiger partial charge in [-0.3, -0.25) is 14.4 Å². The van der Waals surface area contributed by atoms with Crippen molar-refractivity contribution in [2.24, 2.45) is 0 Å². The molecule has 0 aliphatic heterocycles. The average Bonchev–Trinajstić information content (AvgIpc) is 3.18. The molecule has 0 saturated heterocycles. The van der Waals surface area contributed by atoms with Crippen LogP contribution in [0.1, 0.15) is 22.6 Å². The largest absolute Gasteiger partial charge is 0.481 e. The summed E-state index contributed by atoms with van der Waals surface area (Å²) in [4.78, 5) is 26.7. The summed E-state index contributed by atoms with van der Waals surface area (Å²) < 4.78 is 31.1. The topological polar surface area (TPSA) is 113 Å². The number of nitrogens with one attached hydrogen (secondary N) is 1. The number of benzene rings is 3. The predicted octanol–water partition coefficient (Wildman–Crippen LogP) is 3.48. The molecule has 3 aromatic rings. The molecule has 1 aliphatic carbocycles. The Balaban J connectivity index is 1.68. The van der Waals surface area contributed by atoms with Crippen molar-refractivity contribution < 1.29 is 27.9 Å². The molecule has 9 heteroatoms. The minimum absolute atomic E-state index is 0.0332. The summed E-state index contributed by atoms with van der Waals surface area (Å²) in [5, 5.41) is 10.2. The van der Waals surface area contributed by atoms with Crippen molar-refractivity contribution in [2.75, 3.05) is 19.4 Å². The van der Waals surface area contributed by atoms with Crippen LogP contribution in [0.15, 0.2) is 72.8 Å². The van der Waals surface area contributed by atoms with Gasteiger partial charge in [-0.05, 0) is 39.9 Å². The van der Waals surface area contributed by atoms with Crippen molar-refractivity contribution >= 4 is 22.0 Å². The number of hydrogen-bond acceptors (Lipinski definition) is 5. The summed E-state index contributed by atoms with van der Waals surface area (Å²) >= 11 is 0. The van der Waals surface area contributed by atoms with Crippen LogP contribution in [0.25, 0.3) is 11.1 Å². The third-order valence-electron chi connectivity index (χ3n) is 6.23. The SMILES string of the molecule is C#CCOc1ccc(C[C@@H](C(=O)NS(C)(=O)=O)N(CC2c3ccccc3-c3ccccc32)C(=O)O)cc1. The van der Waals surface area contributed by atoms with Gasteiger partial charge in [-0.1, -0.05) is 66.6 Å². The number of terminal acetylenes is 1. The summed E-state index contributed by atoms with van der Waals surface area (Å²) in [6.45, 7) is 0.0600. The molecule has 3 aromatic carbocycles. The van der Waals surface area contributed by atoms with Crippen molar-refractivity contribution in [1.82, 2.24) is 9.62 Å². The fraction of sp³-hybridized carbons (Fsp3) is 0.214. The van der Waals surface area contributed by atoms with Gasteiger partial charge in [0.1, 0.15) is 18.4 Å². The van der Waals surface area contributed by atoms with E-state index in [1.807, 2.05) is 53.3 Å². The van der Waals surface area contributed by atoms with Gasteiger partial charge in [0, 0.05) is 18.9 Å². The van der Waals surface area contributed by atoms with Crippen LogP contribution in [0.2, 0.25) is 0 Å². The van der Waals surface area contributed by atoms with E-state index in [4.69, 9.17) is 11.2 Å². The molecule has 0 radical (unpaired) electrons. The van der Waals surface area contributed by atoms with Crippen LogP contribution < -0.4 is 9.46 Å². The summed E-state index contributed by atoms with van der Waals surface area (Å²) in [6, 6.07) is 20.9. The molecular formula is C28H26N2O6S. The maximum atomic E-state index is 13.1. The number of rotatable bonds is 9. The van der Waals surface area contributed by atoms with Crippen LogP contribution in [-0.4, -0.2) is 55.9 Å². The maximum absolute atomic E-state index is 13.1. The molecule has 2 amide bonds. The van der Waals surface area contributed by atoms with E-state index in [1.165, 1.54) is 0 Å². The molecule has 0 bridgehead atoms. The van der Waals surface area contributed by atoms with Gasteiger partial charge < -0.3 is 9.84 Å². The molecule has 0 aromatic heterocycles. The van der Waals surface area contributed by atoms with Crippen LogP contribution in [0.5, 0.6) is 5.75 Å². The Morgan fingerprint density at radius 2 is 1.59 bits per heavy atom. The molecule has 190 valence electrons. The molecule has 4 rings (SSSR count). The molecule has 0 heterocycles. The quantitative estimate of drug-likeness (QED) is 0.420. The van der Waals surface area contributed by atoms with E-state index in [-0.39, 0.29) is 25.5 Å². The number of carbonyl (C=O) groups excluding carboxylic acids is 1. The maximum Gasteiger partial charge on any atom is 0.408 e. The minimum Gasteiger partial charge on any atom is -0.481 e. The van der Waals surface area contributed by atoms with Gasteiger partial charge in [-0.15, -0.1) is 6.42 Å². The number of sulfonamides is 1. The predicted molar refractivity (Wildman–Crippen MR) is 140 cm³/mol. The van der Waals surface area contributed by atoms with Crippen molar-refractivity contribution in [1.29, 1.82) is 0 Å². The van der Waals surface area contributed by atoms with Gasteiger partial charge >= 0.3 is 6.09 Å². The van der Waals surface area contributed by atoms with Crippen LogP contribution in [0, 0.1) is 12.3 Å². The lowest BCUT2D eigenvalue weighted by Crippen LogP contribution is -2.52. The Labute approximate surface area is 215 Å². The van der Waals surface area contributed by atoms with Gasteiger partial charge in [0.15, 0.2) is 0 Å². The molecule has 1 atom stereocenters. The highest BCUT2D eigenvalue weighted by Gasteiger charge is 2.37. The highest BCUT2D eigenvalue weighted by atomic mass is 32.2. The van der Waals surface area contributed by atoms with Crippen LogP contribution >= 0.6 is 0 Å². The third-order valence-corrected chi connectivity index (χ3v) is 6.80. The van der Waals surface area contributed by atoms with Gasteiger partial charge in [0.2, 0.25) is 10.0 Å². The van der Waals surface area contributed by atoms with E-state index >= 15 is 0 Å². The zero-order valence-corrected chi connectivity index (χ0v) is 20.9. The van der Waals surface area contributed by atoms with Crippen LogP contribution in [0.3, 0.4) is 0 Å². The minimum atomic E-state index is -3.92. The first-order chi connectivity index (χ1) is 17.7. The van der Waals surface area contributed by atoms with E-state index in [9.17, 15) is 23.1 Å². The number of carbonyl (C=O) groups is 2. The smallest absolute Gasteiger partial charge is 0.408 e. The molecule has 8 nitrogen and oxygen atoms in total. The second kappa shape index (κ2) is 10.8. The molecule has 0 unspecified atom stereocenters. The second-order valence-corrected chi connectivity index (χ2v) is 10.5. The molecular weight excluding hydrogens is 492 g/mol. The zero-order chi connectivity index (χ0) is 26.6. The zero-order valence-electron chi connectivity index (χ0n) is 20.1. The van der Waals surface area contributed by atoms with Gasteiger partial charge in [-0.2, -0.15) is 0 Å². The molecule has 2 N–H and O–H groups in total. The van der Waals surface area contributed by atoms with Gasteiger partial charge in [0.05, 0.1) is 6.26 Å². The lowest BCUT2D eigenvalue weighted by molar-refractivity contribution is -0.124. The van der Waals surface area contributed by atoms with Crippen LogP contribution in [-0.2, 0) is 21.2 Å². The van der Waals surface area contributed by atoms with Crippen LogP contribution in [0.4, 0.5) is 4.79 Å². The summed E-state index contributed by atoms with van der Waals surface area (Å²) in [6.07, 6.45) is 4.70. The first-order valence-electron chi connectivity index (χ1n) is 11.5. The third kappa shape index (κ3) is 5.93. The molecule has 0 spiro atoms. The van der Waals surface area contributed by atoms with Gasteiger partial charge in [0.25, 0.3) is 5.91 Å². The first-order valence-corrected chi connectivity index (χ1v) is 13.4. The Kier molecular flexibility index (Phi) is 7.50. The molecule has 37 heavy (non-hydrogen) atoms. The summed E-state index contributed by atoms with van der Waals surface area (Å²) in [7, 11) is -3.92. The number of carboxylic acid groups (broad SMARTS) is 1. The Morgan fingerprint density at radius 3 is 2.11 bits per heavy atom. The number of fused-ring (bicyclic) bond motifs is 3. The van der Waals surface area contributed by atoms with Crippen molar-refractivity contribution in [3.63, 3.8) is 0 Å². The van der Waals surface area contributed by atoms with Crippen molar-refractivity contribution in [3.8, 4) is 29.2 Å². The summed E-state index contributed by atoms with van der Waals surface area (Å²) in [5.41, 5.74) is 4.54. The fourth-order valence-corrected chi connectivity index (χ4v) is 5.16. The van der Waals surface area contributed by atoms with E-state index in [0.29, 0.717) is 11.3 Å². The number of hydrogen-bond donors (Lipinski definition) is 2. The van der Waals surface area contributed by atoms with Crippen molar-refractivity contribution in [2.45, 2.75) is 18.4 Å². The second-order valence-electron chi connectivity index (χ2n) is 8.76. The Bertz CT molecular complexity index is 1410. The normalized spacial score (nSPS) is 13.1. The van der Waals surface area contributed by atoms with E-state index < -0.39 is 28.1 Å². The van der Waals surface area contributed by atoms with E-state index in [0.717, 1.165) is 33.4 Å². The lowest BCUT2D eigenvalue weighted by Gasteiger charge is -2.31. The van der Waals surface area contributed by atoms with E-state index in [2.05, 4.69) is 5.92 Å².